The summed E-state index contributed by atoms with van der Waals surface area (Å²) in [6, 6.07) is 17.8. The van der Waals surface area contributed by atoms with Gasteiger partial charge in [0.15, 0.2) is 0 Å². The van der Waals surface area contributed by atoms with Crippen molar-refractivity contribution in [1.29, 1.82) is 0 Å². The van der Waals surface area contributed by atoms with Gasteiger partial charge in [0.05, 0.1) is 0 Å². The lowest BCUT2D eigenvalue weighted by Gasteiger charge is -2.12. The van der Waals surface area contributed by atoms with Gasteiger partial charge in [-0.1, -0.05) is 74.8 Å². The topological polar surface area (TPSA) is 0 Å². The van der Waals surface area contributed by atoms with Crippen molar-refractivity contribution in [3.63, 3.8) is 0 Å². The minimum atomic E-state index is 1.19. The molecule has 0 aromatic heterocycles. The molecule has 0 aliphatic carbocycles. The second-order valence-corrected chi connectivity index (χ2v) is 6.61. The fourth-order valence-corrected chi connectivity index (χ4v) is 3.61. The second kappa shape index (κ2) is 8.94. The molecule has 0 aliphatic heterocycles. The van der Waals surface area contributed by atoms with Crippen molar-refractivity contribution in [2.45, 2.75) is 62.2 Å². The van der Waals surface area contributed by atoms with Gasteiger partial charge in [0.1, 0.15) is 0 Å². The zero-order chi connectivity index (χ0) is 14.9. The third-order valence-electron chi connectivity index (χ3n) is 3.76. The lowest BCUT2D eigenvalue weighted by atomic mass is 10.1. The monoisotopic (exact) mass is 298 g/mol. The second-order valence-electron chi connectivity index (χ2n) is 5.52. The Morgan fingerprint density at radius 2 is 1.10 bits per heavy atom. The molecule has 0 amide bonds. The van der Waals surface area contributed by atoms with E-state index in [9.17, 15) is 0 Å². The molecular formula is C20H26S. The Morgan fingerprint density at radius 3 is 1.52 bits per heavy atom. The molecule has 0 saturated heterocycles. The number of unbranched alkanes of at least 4 members (excludes halogenated alkanes) is 2. The molecule has 1 heteroatoms. The van der Waals surface area contributed by atoms with Crippen LogP contribution in [0.1, 0.15) is 50.7 Å². The van der Waals surface area contributed by atoms with Gasteiger partial charge < -0.3 is 0 Å². The lowest BCUT2D eigenvalue weighted by Crippen LogP contribution is -1.91. The molecule has 21 heavy (non-hydrogen) atoms. The summed E-state index contributed by atoms with van der Waals surface area (Å²) < 4.78 is 0. The number of rotatable bonds is 8. The molecule has 2 aromatic rings. The van der Waals surface area contributed by atoms with E-state index in [4.69, 9.17) is 0 Å². The molecule has 0 fully saturated rings. The summed E-state index contributed by atoms with van der Waals surface area (Å²) >= 11 is 1.94. The Bertz CT molecular complexity index is 496. The quantitative estimate of drug-likeness (QED) is 0.534. The van der Waals surface area contributed by atoms with Crippen molar-refractivity contribution in [2.24, 2.45) is 0 Å². The molecule has 2 rings (SSSR count). The third kappa shape index (κ3) is 4.93. The molecule has 0 N–H and O–H groups in total. The highest BCUT2D eigenvalue weighted by Crippen LogP contribution is 2.34. The smallest absolute Gasteiger partial charge is 0.0154 e. The first-order valence-electron chi connectivity index (χ1n) is 8.18. The highest BCUT2D eigenvalue weighted by Gasteiger charge is 2.07. The molecule has 2 aromatic carbocycles. The van der Waals surface area contributed by atoms with Gasteiger partial charge in [0, 0.05) is 9.79 Å². The van der Waals surface area contributed by atoms with Crippen LogP contribution in [-0.2, 0) is 12.8 Å². The van der Waals surface area contributed by atoms with Crippen LogP contribution in [0.25, 0.3) is 0 Å². The minimum Gasteiger partial charge on any atom is -0.0895 e. The molecular weight excluding hydrogens is 272 g/mol. The van der Waals surface area contributed by atoms with Crippen LogP contribution in [-0.4, -0.2) is 0 Å². The first-order chi connectivity index (χ1) is 10.3. The molecule has 112 valence electrons. The number of aryl methyl sites for hydroxylation is 2. The van der Waals surface area contributed by atoms with Gasteiger partial charge in [-0.25, -0.2) is 0 Å². The van der Waals surface area contributed by atoms with E-state index < -0.39 is 0 Å². The van der Waals surface area contributed by atoms with E-state index in [1.807, 2.05) is 11.8 Å². The largest absolute Gasteiger partial charge is 0.0895 e. The molecule has 0 bridgehead atoms. The van der Waals surface area contributed by atoms with E-state index in [0.717, 1.165) is 0 Å². The molecule has 0 saturated carbocycles. The summed E-state index contributed by atoms with van der Waals surface area (Å²) in [5.41, 5.74) is 2.99. The van der Waals surface area contributed by atoms with Crippen molar-refractivity contribution >= 4 is 11.8 Å². The van der Waals surface area contributed by atoms with E-state index in [-0.39, 0.29) is 0 Å². The van der Waals surface area contributed by atoms with Crippen LogP contribution >= 0.6 is 11.8 Å². The standard InChI is InChI=1S/C20H26S/c1-3-5-11-17-13-7-9-15-19(17)21-20-16-10-8-14-18(20)12-6-4-2/h7-10,13-16H,3-6,11-12H2,1-2H3. The Hall–Kier alpha value is -1.21. The first-order valence-corrected chi connectivity index (χ1v) is 9.00. The third-order valence-corrected chi connectivity index (χ3v) is 5.00. The van der Waals surface area contributed by atoms with Crippen LogP contribution < -0.4 is 0 Å². The lowest BCUT2D eigenvalue weighted by molar-refractivity contribution is 0.782. The summed E-state index contributed by atoms with van der Waals surface area (Å²) in [6.45, 7) is 4.52. The normalized spacial score (nSPS) is 10.8. The molecule has 0 atom stereocenters. The van der Waals surface area contributed by atoms with Crippen molar-refractivity contribution in [3.8, 4) is 0 Å². The van der Waals surface area contributed by atoms with Crippen LogP contribution in [0.4, 0.5) is 0 Å². The minimum absolute atomic E-state index is 1.19. The van der Waals surface area contributed by atoms with Gasteiger partial charge in [0.25, 0.3) is 0 Å². The molecule has 0 unspecified atom stereocenters. The van der Waals surface area contributed by atoms with Gasteiger partial charge in [-0.15, -0.1) is 0 Å². The predicted octanol–water partition coefficient (Wildman–Crippen LogP) is 6.52. The number of benzene rings is 2. The Labute approximate surface area is 134 Å². The SMILES string of the molecule is CCCCc1ccccc1Sc1ccccc1CCCC. The van der Waals surface area contributed by atoms with E-state index >= 15 is 0 Å². The zero-order valence-electron chi connectivity index (χ0n) is 13.3. The van der Waals surface area contributed by atoms with E-state index in [2.05, 4.69) is 62.4 Å². The number of hydrogen-bond donors (Lipinski definition) is 0. The van der Waals surface area contributed by atoms with Gasteiger partial charge in [-0.05, 0) is 48.9 Å². The average Bonchev–Trinajstić information content (AvgIpc) is 2.53. The van der Waals surface area contributed by atoms with Gasteiger partial charge in [-0.2, -0.15) is 0 Å². The van der Waals surface area contributed by atoms with Crippen LogP contribution in [0, 0.1) is 0 Å². The Morgan fingerprint density at radius 1 is 0.667 bits per heavy atom. The van der Waals surface area contributed by atoms with E-state index in [0.29, 0.717) is 0 Å². The maximum Gasteiger partial charge on any atom is 0.0154 e. The van der Waals surface area contributed by atoms with Crippen molar-refractivity contribution in [3.05, 3.63) is 59.7 Å². The zero-order valence-corrected chi connectivity index (χ0v) is 14.1. The van der Waals surface area contributed by atoms with E-state index in [1.165, 1.54) is 59.4 Å². The molecule has 0 spiro atoms. The maximum absolute atomic E-state index is 2.28. The summed E-state index contributed by atoms with van der Waals surface area (Å²) in [4.78, 5) is 2.85. The highest BCUT2D eigenvalue weighted by atomic mass is 32.2. The summed E-state index contributed by atoms with van der Waals surface area (Å²) in [7, 11) is 0. The summed E-state index contributed by atoms with van der Waals surface area (Å²) in [5, 5.41) is 0. The molecule has 0 nitrogen and oxygen atoms in total. The Kier molecular flexibility index (Phi) is 6.88. The van der Waals surface area contributed by atoms with Crippen LogP contribution in [0.15, 0.2) is 58.3 Å². The van der Waals surface area contributed by atoms with Crippen molar-refractivity contribution in [2.75, 3.05) is 0 Å². The fourth-order valence-electron chi connectivity index (χ4n) is 2.47. The van der Waals surface area contributed by atoms with Crippen molar-refractivity contribution < 1.29 is 0 Å². The fraction of sp³-hybridized carbons (Fsp3) is 0.400. The van der Waals surface area contributed by atoms with Crippen molar-refractivity contribution in [1.82, 2.24) is 0 Å². The van der Waals surface area contributed by atoms with E-state index in [1.54, 1.807) is 0 Å². The molecule has 0 aliphatic rings. The first kappa shape index (κ1) is 16.2. The van der Waals surface area contributed by atoms with Crippen LogP contribution in [0.2, 0.25) is 0 Å². The van der Waals surface area contributed by atoms with Crippen LogP contribution in [0.5, 0.6) is 0 Å². The van der Waals surface area contributed by atoms with Gasteiger partial charge >= 0.3 is 0 Å². The molecule has 0 heterocycles. The average molecular weight is 298 g/mol. The van der Waals surface area contributed by atoms with Crippen LogP contribution in [0.3, 0.4) is 0 Å². The predicted molar refractivity (Wildman–Crippen MR) is 94.2 cm³/mol. The molecule has 0 radical (unpaired) electrons. The van der Waals surface area contributed by atoms with Gasteiger partial charge in [0.2, 0.25) is 0 Å². The highest BCUT2D eigenvalue weighted by molar-refractivity contribution is 7.99. The summed E-state index contributed by atoms with van der Waals surface area (Å²) in [6.07, 6.45) is 7.44. The maximum atomic E-state index is 2.28. The van der Waals surface area contributed by atoms with Gasteiger partial charge in [-0.3, -0.25) is 0 Å². The number of hydrogen-bond acceptors (Lipinski definition) is 1. The summed E-state index contributed by atoms with van der Waals surface area (Å²) in [5.74, 6) is 0. The Balaban J connectivity index is 2.18.